The highest BCUT2D eigenvalue weighted by Gasteiger charge is 2.08. The van der Waals surface area contributed by atoms with Gasteiger partial charge < -0.3 is 16.1 Å². The molecule has 0 spiro atoms. The van der Waals surface area contributed by atoms with Gasteiger partial charge in [-0.25, -0.2) is 5.84 Å². The van der Waals surface area contributed by atoms with Crippen LogP contribution in [0.3, 0.4) is 0 Å². The van der Waals surface area contributed by atoms with Crippen LogP contribution < -0.4 is 21.9 Å². The summed E-state index contributed by atoms with van der Waals surface area (Å²) in [6.07, 6.45) is 0.232. The Morgan fingerprint density at radius 3 is 2.61 bits per heavy atom. The predicted molar refractivity (Wildman–Crippen MR) is 65.5 cm³/mol. The summed E-state index contributed by atoms with van der Waals surface area (Å²) >= 11 is 0. The Labute approximate surface area is 104 Å². The van der Waals surface area contributed by atoms with E-state index in [4.69, 9.17) is 5.84 Å². The van der Waals surface area contributed by atoms with Gasteiger partial charge in [0.1, 0.15) is 0 Å². The van der Waals surface area contributed by atoms with Gasteiger partial charge in [-0.1, -0.05) is 0 Å². The topological polar surface area (TPSA) is 122 Å². The predicted octanol–water partition coefficient (Wildman–Crippen LogP) is -0.982. The van der Waals surface area contributed by atoms with Crippen molar-refractivity contribution >= 4 is 17.6 Å². The number of hydrogen-bond acceptors (Lipinski definition) is 6. The van der Waals surface area contributed by atoms with Crippen LogP contribution in [-0.4, -0.2) is 35.1 Å². The van der Waals surface area contributed by atoms with Crippen molar-refractivity contribution in [2.24, 2.45) is 5.84 Å². The Bertz CT molecular complexity index is 405. The fraction of sp³-hybridized carbons (Fsp3) is 0.400. The third kappa shape index (κ3) is 4.34. The average Bonchev–Trinajstić information content (AvgIpc) is 2.39. The highest BCUT2D eigenvalue weighted by atomic mass is 16.2. The van der Waals surface area contributed by atoms with Crippen LogP contribution >= 0.6 is 0 Å². The van der Waals surface area contributed by atoms with Crippen LogP contribution in [0, 0.1) is 0 Å². The van der Waals surface area contributed by atoms with Crippen molar-refractivity contribution < 1.29 is 9.59 Å². The molecule has 0 unspecified atom stereocenters. The normalized spacial score (nSPS) is 9.67. The molecule has 1 heterocycles. The Hall–Kier alpha value is -2.22. The summed E-state index contributed by atoms with van der Waals surface area (Å²) in [5, 5.41) is 12.5. The van der Waals surface area contributed by atoms with E-state index in [0.717, 1.165) is 0 Å². The second kappa shape index (κ2) is 7.17. The van der Waals surface area contributed by atoms with E-state index < -0.39 is 0 Å². The first-order valence-electron chi connectivity index (χ1n) is 5.52. The van der Waals surface area contributed by atoms with Gasteiger partial charge in [0.15, 0.2) is 11.5 Å². The van der Waals surface area contributed by atoms with Crippen molar-refractivity contribution in [2.45, 2.75) is 13.3 Å². The number of anilines is 1. The number of nitrogens with two attached hydrogens (primary N) is 1. The summed E-state index contributed by atoms with van der Waals surface area (Å²) in [7, 11) is 0. The standard InChI is InChI=1S/C10H16N6O2/c1-2-12-9(17)5-6-13-10(18)7-3-4-8(14-11)16-15-7/h3-4H,2,5-6,11H2,1H3,(H,12,17)(H,13,18)(H,14,16). The van der Waals surface area contributed by atoms with Crippen molar-refractivity contribution in [3.63, 3.8) is 0 Å². The number of carbonyl (C=O) groups excluding carboxylic acids is 2. The van der Waals surface area contributed by atoms with Gasteiger partial charge in [-0.3, -0.25) is 9.59 Å². The molecule has 1 rings (SSSR count). The molecule has 5 N–H and O–H groups in total. The van der Waals surface area contributed by atoms with Crippen molar-refractivity contribution in [1.29, 1.82) is 0 Å². The van der Waals surface area contributed by atoms with Crippen LogP contribution in [0.1, 0.15) is 23.8 Å². The number of nitrogens with one attached hydrogen (secondary N) is 3. The number of hydrazine groups is 1. The largest absolute Gasteiger partial charge is 0.356 e. The van der Waals surface area contributed by atoms with E-state index in [1.165, 1.54) is 12.1 Å². The molecule has 1 aromatic rings. The highest BCUT2D eigenvalue weighted by Crippen LogP contribution is 1.99. The third-order valence-corrected chi connectivity index (χ3v) is 2.06. The minimum absolute atomic E-state index is 0.105. The van der Waals surface area contributed by atoms with Gasteiger partial charge in [-0.2, -0.15) is 0 Å². The smallest absolute Gasteiger partial charge is 0.271 e. The first-order chi connectivity index (χ1) is 8.67. The lowest BCUT2D eigenvalue weighted by atomic mass is 10.3. The lowest BCUT2D eigenvalue weighted by Crippen LogP contribution is -2.31. The van der Waals surface area contributed by atoms with Gasteiger partial charge in [0.25, 0.3) is 5.91 Å². The summed E-state index contributed by atoms with van der Waals surface area (Å²) in [5.74, 6) is 5.01. The molecule has 0 aromatic carbocycles. The molecule has 98 valence electrons. The van der Waals surface area contributed by atoms with Crippen LogP contribution in [0.25, 0.3) is 0 Å². The Morgan fingerprint density at radius 1 is 1.28 bits per heavy atom. The fourth-order valence-corrected chi connectivity index (χ4v) is 1.20. The number of hydrogen-bond donors (Lipinski definition) is 4. The molecule has 8 heteroatoms. The molecular weight excluding hydrogens is 236 g/mol. The molecule has 0 bridgehead atoms. The van der Waals surface area contributed by atoms with E-state index in [9.17, 15) is 9.59 Å². The van der Waals surface area contributed by atoms with Gasteiger partial charge in [0.2, 0.25) is 5.91 Å². The molecule has 0 saturated heterocycles. The van der Waals surface area contributed by atoms with E-state index in [2.05, 4.69) is 26.3 Å². The fourth-order valence-electron chi connectivity index (χ4n) is 1.20. The maximum Gasteiger partial charge on any atom is 0.271 e. The maximum absolute atomic E-state index is 11.6. The molecule has 0 radical (unpaired) electrons. The quantitative estimate of drug-likeness (QED) is 0.381. The molecule has 8 nitrogen and oxygen atoms in total. The molecule has 0 aliphatic carbocycles. The summed E-state index contributed by atoms with van der Waals surface area (Å²) in [5.41, 5.74) is 2.48. The van der Waals surface area contributed by atoms with Crippen LogP contribution in [0.2, 0.25) is 0 Å². The lowest BCUT2D eigenvalue weighted by Gasteiger charge is -2.05. The molecule has 0 aliphatic heterocycles. The van der Waals surface area contributed by atoms with Gasteiger partial charge in [0.05, 0.1) is 0 Å². The van der Waals surface area contributed by atoms with Gasteiger partial charge in [-0.05, 0) is 19.1 Å². The summed E-state index contributed by atoms with van der Waals surface area (Å²) in [6.45, 7) is 2.66. The summed E-state index contributed by atoms with van der Waals surface area (Å²) < 4.78 is 0. The van der Waals surface area contributed by atoms with Crippen LogP contribution in [0.5, 0.6) is 0 Å². The number of nitrogen functional groups attached to an aromatic ring is 1. The summed E-state index contributed by atoms with van der Waals surface area (Å²) in [4.78, 5) is 22.7. The molecule has 0 aliphatic rings. The van der Waals surface area contributed by atoms with Crippen molar-refractivity contribution in [1.82, 2.24) is 20.8 Å². The number of carbonyl (C=O) groups is 2. The summed E-state index contributed by atoms with van der Waals surface area (Å²) in [6, 6.07) is 3.02. The second-order valence-electron chi connectivity index (χ2n) is 3.41. The SMILES string of the molecule is CCNC(=O)CCNC(=O)c1ccc(NN)nn1. The Morgan fingerprint density at radius 2 is 2.06 bits per heavy atom. The van der Waals surface area contributed by atoms with Crippen LogP contribution in [-0.2, 0) is 4.79 Å². The molecule has 0 fully saturated rings. The van der Waals surface area contributed by atoms with E-state index in [1.54, 1.807) is 0 Å². The maximum atomic E-state index is 11.6. The van der Waals surface area contributed by atoms with E-state index in [-0.39, 0.29) is 30.5 Å². The first-order valence-corrected chi connectivity index (χ1v) is 5.52. The lowest BCUT2D eigenvalue weighted by molar-refractivity contribution is -0.120. The molecule has 18 heavy (non-hydrogen) atoms. The second-order valence-corrected chi connectivity index (χ2v) is 3.41. The average molecular weight is 252 g/mol. The first kappa shape index (κ1) is 13.8. The zero-order valence-corrected chi connectivity index (χ0v) is 10.1. The van der Waals surface area contributed by atoms with Gasteiger partial charge >= 0.3 is 0 Å². The minimum Gasteiger partial charge on any atom is -0.356 e. The zero-order chi connectivity index (χ0) is 13.4. The Balaban J connectivity index is 2.38. The molecule has 1 aromatic heterocycles. The number of nitrogens with zero attached hydrogens (tertiary/aromatic N) is 2. The molecule has 0 saturated carbocycles. The molecule has 2 amide bonds. The van der Waals surface area contributed by atoms with Crippen molar-refractivity contribution in [3.05, 3.63) is 17.8 Å². The molecular formula is C10H16N6O2. The van der Waals surface area contributed by atoms with E-state index >= 15 is 0 Å². The highest BCUT2D eigenvalue weighted by molar-refractivity contribution is 5.92. The van der Waals surface area contributed by atoms with Crippen LogP contribution in [0.15, 0.2) is 12.1 Å². The minimum atomic E-state index is -0.379. The van der Waals surface area contributed by atoms with Gasteiger partial charge in [0, 0.05) is 19.5 Å². The third-order valence-electron chi connectivity index (χ3n) is 2.06. The number of amides is 2. The Kier molecular flexibility index (Phi) is 5.52. The van der Waals surface area contributed by atoms with Crippen molar-refractivity contribution in [3.8, 4) is 0 Å². The monoisotopic (exact) mass is 252 g/mol. The van der Waals surface area contributed by atoms with Gasteiger partial charge in [-0.15, -0.1) is 10.2 Å². The number of rotatable bonds is 6. The zero-order valence-electron chi connectivity index (χ0n) is 10.1. The van der Waals surface area contributed by atoms with Crippen molar-refractivity contribution in [2.75, 3.05) is 18.5 Å². The molecule has 0 atom stereocenters. The number of aromatic nitrogens is 2. The van der Waals surface area contributed by atoms with E-state index in [1.807, 2.05) is 6.92 Å². The van der Waals surface area contributed by atoms with Crippen LogP contribution in [0.4, 0.5) is 5.82 Å². The van der Waals surface area contributed by atoms with E-state index in [0.29, 0.717) is 12.4 Å².